The fraction of sp³-hybridized carbons (Fsp3) is 0.333. The molecule has 0 aliphatic rings. The number of aliphatic hydroxyl groups is 2. The lowest BCUT2D eigenvalue weighted by atomic mass is 10.1. The fourth-order valence-electron chi connectivity index (χ4n) is 1.05. The molecule has 0 spiro atoms. The van der Waals surface area contributed by atoms with Crippen LogP contribution in [0.4, 0.5) is 4.39 Å². The highest BCUT2D eigenvalue weighted by Crippen LogP contribution is 2.15. The lowest BCUT2D eigenvalue weighted by Crippen LogP contribution is -2.14. The van der Waals surface area contributed by atoms with Crippen molar-refractivity contribution in [2.75, 3.05) is 6.61 Å². The number of halogens is 1. The van der Waals surface area contributed by atoms with Crippen LogP contribution in [0.3, 0.4) is 0 Å². The molecule has 0 saturated heterocycles. The van der Waals surface area contributed by atoms with Crippen molar-refractivity contribution in [1.29, 1.82) is 0 Å². The van der Waals surface area contributed by atoms with Crippen LogP contribution in [0.5, 0.6) is 0 Å². The zero-order valence-electron chi connectivity index (χ0n) is 7.07. The van der Waals surface area contributed by atoms with Gasteiger partial charge >= 0.3 is 0 Å². The maximum atomic E-state index is 12.9. The van der Waals surface area contributed by atoms with Crippen LogP contribution in [0.25, 0.3) is 0 Å². The molecule has 1 aromatic carbocycles. The van der Waals surface area contributed by atoms with Crippen LogP contribution in [0.1, 0.15) is 17.2 Å². The summed E-state index contributed by atoms with van der Waals surface area (Å²) in [5, 5.41) is 17.5. The van der Waals surface area contributed by atoms with Gasteiger partial charge in [0, 0.05) is 5.56 Å². The Kier molecular flexibility index (Phi) is 3.36. The normalized spacial score (nSPS) is 12.9. The van der Waals surface area contributed by atoms with E-state index in [1.165, 1.54) is 18.2 Å². The van der Waals surface area contributed by atoms with Crippen LogP contribution < -0.4 is 5.73 Å². The molecule has 13 heavy (non-hydrogen) atoms. The van der Waals surface area contributed by atoms with E-state index in [4.69, 9.17) is 15.9 Å². The van der Waals surface area contributed by atoms with Crippen molar-refractivity contribution in [2.45, 2.75) is 12.6 Å². The topological polar surface area (TPSA) is 66.5 Å². The zero-order chi connectivity index (χ0) is 9.84. The lowest BCUT2D eigenvalue weighted by molar-refractivity contribution is 0.265. The van der Waals surface area contributed by atoms with Crippen molar-refractivity contribution in [2.24, 2.45) is 5.73 Å². The van der Waals surface area contributed by atoms with E-state index in [0.29, 0.717) is 5.56 Å². The molecule has 0 bridgehead atoms. The minimum atomic E-state index is -0.522. The van der Waals surface area contributed by atoms with Gasteiger partial charge < -0.3 is 15.9 Å². The Hall–Kier alpha value is -0.970. The fourth-order valence-corrected chi connectivity index (χ4v) is 1.05. The average Bonchev–Trinajstić information content (AvgIpc) is 2.17. The Bertz CT molecular complexity index is 291. The van der Waals surface area contributed by atoms with Crippen LogP contribution in [-0.2, 0) is 6.61 Å². The van der Waals surface area contributed by atoms with Crippen molar-refractivity contribution < 1.29 is 14.6 Å². The highest BCUT2D eigenvalue weighted by Gasteiger charge is 2.07. The predicted octanol–water partition coefficient (Wildman–Crippen LogP) is 0.310. The van der Waals surface area contributed by atoms with Gasteiger partial charge in [-0.25, -0.2) is 4.39 Å². The molecule has 4 heteroatoms. The predicted molar refractivity (Wildman–Crippen MR) is 46.3 cm³/mol. The Morgan fingerprint density at radius 2 is 2.08 bits per heavy atom. The summed E-state index contributed by atoms with van der Waals surface area (Å²) in [6.45, 7) is -0.561. The van der Waals surface area contributed by atoms with Gasteiger partial charge in [0.05, 0.1) is 19.3 Å². The van der Waals surface area contributed by atoms with Gasteiger partial charge in [-0.15, -0.1) is 0 Å². The van der Waals surface area contributed by atoms with Crippen molar-refractivity contribution in [3.8, 4) is 0 Å². The number of nitrogens with two attached hydrogens (primary N) is 1. The van der Waals surface area contributed by atoms with Gasteiger partial charge in [0.15, 0.2) is 0 Å². The smallest absolute Gasteiger partial charge is 0.128 e. The van der Waals surface area contributed by atoms with E-state index < -0.39 is 11.9 Å². The summed E-state index contributed by atoms with van der Waals surface area (Å²) in [5.41, 5.74) is 6.33. The second-order valence-electron chi connectivity index (χ2n) is 2.80. The first kappa shape index (κ1) is 10.1. The van der Waals surface area contributed by atoms with Gasteiger partial charge in [-0.3, -0.25) is 0 Å². The van der Waals surface area contributed by atoms with Gasteiger partial charge in [-0.2, -0.15) is 0 Å². The van der Waals surface area contributed by atoms with E-state index in [9.17, 15) is 4.39 Å². The van der Waals surface area contributed by atoms with Crippen LogP contribution in [0.15, 0.2) is 18.2 Å². The summed E-state index contributed by atoms with van der Waals surface area (Å²) in [4.78, 5) is 0. The van der Waals surface area contributed by atoms with Crippen LogP contribution in [0, 0.1) is 5.82 Å². The van der Waals surface area contributed by atoms with Gasteiger partial charge in [0.25, 0.3) is 0 Å². The molecule has 0 amide bonds. The number of hydrogen-bond donors (Lipinski definition) is 3. The van der Waals surface area contributed by atoms with Crippen LogP contribution >= 0.6 is 0 Å². The number of benzene rings is 1. The average molecular weight is 185 g/mol. The molecular weight excluding hydrogens is 173 g/mol. The van der Waals surface area contributed by atoms with Crippen molar-refractivity contribution >= 4 is 0 Å². The first-order valence-corrected chi connectivity index (χ1v) is 3.94. The Morgan fingerprint density at radius 3 is 2.62 bits per heavy atom. The number of aliphatic hydroxyl groups excluding tert-OH is 2. The van der Waals surface area contributed by atoms with Gasteiger partial charge in [0.1, 0.15) is 5.82 Å². The molecule has 0 saturated carbocycles. The molecule has 0 aliphatic heterocycles. The van der Waals surface area contributed by atoms with Gasteiger partial charge in [-0.1, -0.05) is 6.07 Å². The largest absolute Gasteiger partial charge is 0.394 e. The van der Waals surface area contributed by atoms with Gasteiger partial charge in [-0.05, 0) is 17.7 Å². The minimum Gasteiger partial charge on any atom is -0.394 e. The lowest BCUT2D eigenvalue weighted by Gasteiger charge is -2.09. The summed E-state index contributed by atoms with van der Waals surface area (Å²) >= 11 is 0. The monoisotopic (exact) mass is 185 g/mol. The SMILES string of the molecule is N[C@@H](CO)c1ccc(F)c(CO)c1. The second kappa shape index (κ2) is 4.32. The molecule has 1 atom stereocenters. The van der Waals surface area contributed by atoms with Crippen molar-refractivity contribution in [3.05, 3.63) is 35.1 Å². The Morgan fingerprint density at radius 1 is 1.38 bits per heavy atom. The minimum absolute atomic E-state index is 0.196. The number of hydrogen-bond acceptors (Lipinski definition) is 3. The molecule has 3 nitrogen and oxygen atoms in total. The first-order valence-electron chi connectivity index (χ1n) is 3.94. The quantitative estimate of drug-likeness (QED) is 0.635. The third kappa shape index (κ3) is 2.24. The molecule has 0 heterocycles. The second-order valence-corrected chi connectivity index (χ2v) is 2.80. The maximum absolute atomic E-state index is 12.9. The highest BCUT2D eigenvalue weighted by molar-refractivity contribution is 5.26. The molecule has 0 aromatic heterocycles. The van der Waals surface area contributed by atoms with Crippen molar-refractivity contribution in [1.82, 2.24) is 0 Å². The molecule has 1 rings (SSSR count). The van der Waals surface area contributed by atoms with E-state index >= 15 is 0 Å². The van der Waals surface area contributed by atoms with E-state index in [2.05, 4.69) is 0 Å². The summed E-state index contributed by atoms with van der Waals surface area (Å²) in [6.07, 6.45) is 0. The molecule has 1 aromatic rings. The highest BCUT2D eigenvalue weighted by atomic mass is 19.1. The third-order valence-electron chi connectivity index (χ3n) is 1.86. The molecule has 0 fully saturated rings. The van der Waals surface area contributed by atoms with E-state index in [1.807, 2.05) is 0 Å². The third-order valence-corrected chi connectivity index (χ3v) is 1.86. The molecule has 0 radical (unpaired) electrons. The van der Waals surface area contributed by atoms with Crippen LogP contribution in [-0.4, -0.2) is 16.8 Å². The summed E-state index contributed by atoms with van der Waals surface area (Å²) in [6, 6.07) is 3.66. The van der Waals surface area contributed by atoms with E-state index in [-0.39, 0.29) is 18.8 Å². The summed E-state index contributed by atoms with van der Waals surface area (Å²) in [5.74, 6) is -0.462. The van der Waals surface area contributed by atoms with E-state index in [1.54, 1.807) is 0 Å². The summed E-state index contributed by atoms with van der Waals surface area (Å²) in [7, 11) is 0. The first-order chi connectivity index (χ1) is 6.19. The number of rotatable bonds is 3. The van der Waals surface area contributed by atoms with Crippen LogP contribution in [0.2, 0.25) is 0 Å². The molecule has 72 valence electrons. The summed E-state index contributed by atoms with van der Waals surface area (Å²) < 4.78 is 12.9. The Labute approximate surface area is 75.6 Å². The Balaban J connectivity index is 2.99. The molecule has 4 N–H and O–H groups in total. The maximum Gasteiger partial charge on any atom is 0.128 e. The molecular formula is C9H12FNO2. The van der Waals surface area contributed by atoms with Crippen molar-refractivity contribution in [3.63, 3.8) is 0 Å². The molecule has 0 aliphatic carbocycles. The molecule has 0 unspecified atom stereocenters. The van der Waals surface area contributed by atoms with Gasteiger partial charge in [0.2, 0.25) is 0 Å². The van der Waals surface area contributed by atoms with E-state index in [0.717, 1.165) is 0 Å². The standard InChI is InChI=1S/C9H12FNO2/c10-8-2-1-6(9(11)5-13)3-7(8)4-12/h1-3,9,12-13H,4-5,11H2/t9-/m0/s1. The zero-order valence-corrected chi connectivity index (χ0v) is 7.07.